The normalized spacial score (nSPS) is 10.7. The molecule has 0 unspecified atom stereocenters. The number of hydrogen-bond acceptors (Lipinski definition) is 3. The number of benzene rings is 1. The van der Waals surface area contributed by atoms with Gasteiger partial charge in [-0.3, -0.25) is 10.1 Å². The van der Waals surface area contributed by atoms with Gasteiger partial charge in [-0.05, 0) is 52.8 Å². The zero-order chi connectivity index (χ0) is 22.7. The number of unbranched alkanes of at least 4 members (excludes halogenated alkanes) is 13. The van der Waals surface area contributed by atoms with Gasteiger partial charge in [0, 0.05) is 12.1 Å². The fraction of sp³-hybridized carbons (Fsp3) is 0.680. The highest BCUT2D eigenvalue weighted by molar-refractivity contribution is 9.10. The highest BCUT2D eigenvalue weighted by atomic mass is 79.9. The summed E-state index contributed by atoms with van der Waals surface area (Å²) in [6.07, 6.45) is 18.8. The van der Waals surface area contributed by atoms with Crippen molar-refractivity contribution in [1.82, 2.24) is 10.6 Å². The lowest BCUT2D eigenvalue weighted by atomic mass is 10.0. The van der Waals surface area contributed by atoms with Crippen LogP contribution >= 0.6 is 28.1 Å². The number of ether oxygens (including phenoxy) is 1. The Morgan fingerprint density at radius 3 is 1.90 bits per heavy atom. The topological polar surface area (TPSA) is 50.4 Å². The maximum atomic E-state index is 12.3. The quantitative estimate of drug-likeness (QED) is 0.167. The summed E-state index contributed by atoms with van der Waals surface area (Å²) in [7, 11) is 1.59. The van der Waals surface area contributed by atoms with Crippen molar-refractivity contribution in [2.75, 3.05) is 13.7 Å². The molecule has 0 heterocycles. The van der Waals surface area contributed by atoms with Gasteiger partial charge in [-0.25, -0.2) is 0 Å². The van der Waals surface area contributed by atoms with E-state index in [-0.39, 0.29) is 5.91 Å². The molecule has 0 fully saturated rings. The van der Waals surface area contributed by atoms with E-state index < -0.39 is 0 Å². The summed E-state index contributed by atoms with van der Waals surface area (Å²) in [4.78, 5) is 12.3. The lowest BCUT2D eigenvalue weighted by Gasteiger charge is -2.10. The second-order valence-corrected chi connectivity index (χ2v) is 9.42. The minimum absolute atomic E-state index is 0.221. The molecule has 2 N–H and O–H groups in total. The molecule has 31 heavy (non-hydrogen) atoms. The van der Waals surface area contributed by atoms with E-state index in [0.29, 0.717) is 16.4 Å². The number of nitrogens with one attached hydrogen (secondary N) is 2. The number of rotatable bonds is 17. The Labute approximate surface area is 203 Å². The van der Waals surface area contributed by atoms with Crippen molar-refractivity contribution in [2.45, 2.75) is 96.8 Å². The number of halogens is 1. The molecule has 1 rings (SSSR count). The summed E-state index contributed by atoms with van der Waals surface area (Å²) in [6.45, 7) is 3.07. The van der Waals surface area contributed by atoms with Crippen LogP contribution in [0.4, 0.5) is 0 Å². The molecule has 0 atom stereocenters. The van der Waals surface area contributed by atoms with Gasteiger partial charge in [0.15, 0.2) is 5.11 Å². The summed E-state index contributed by atoms with van der Waals surface area (Å²) in [5.74, 6) is 0.469. The molecule has 0 saturated heterocycles. The lowest BCUT2D eigenvalue weighted by molar-refractivity contribution is 0.0976. The summed E-state index contributed by atoms with van der Waals surface area (Å²) in [5.41, 5.74) is 0.535. The van der Waals surface area contributed by atoms with Crippen LogP contribution in [0.25, 0.3) is 0 Å². The van der Waals surface area contributed by atoms with Gasteiger partial charge in [0.1, 0.15) is 5.75 Å². The second kappa shape index (κ2) is 18.4. The molecule has 0 aliphatic heterocycles. The third-order valence-electron chi connectivity index (χ3n) is 5.46. The third-order valence-corrected chi connectivity index (χ3v) is 6.32. The van der Waals surface area contributed by atoms with Crippen LogP contribution in [0.3, 0.4) is 0 Å². The zero-order valence-corrected chi connectivity index (χ0v) is 21.8. The minimum Gasteiger partial charge on any atom is -0.496 e. The average Bonchev–Trinajstić information content (AvgIpc) is 2.76. The van der Waals surface area contributed by atoms with E-state index in [2.05, 4.69) is 33.5 Å². The van der Waals surface area contributed by atoms with E-state index in [1.165, 1.54) is 83.5 Å². The van der Waals surface area contributed by atoms with E-state index >= 15 is 0 Å². The fourth-order valence-electron chi connectivity index (χ4n) is 3.55. The van der Waals surface area contributed by atoms with E-state index in [9.17, 15) is 4.79 Å². The van der Waals surface area contributed by atoms with Crippen molar-refractivity contribution >= 4 is 39.2 Å². The Bertz CT molecular complexity index is 640. The molecule has 0 saturated carbocycles. The molecule has 176 valence electrons. The van der Waals surface area contributed by atoms with E-state index in [4.69, 9.17) is 17.0 Å². The molecule has 0 radical (unpaired) electrons. The summed E-state index contributed by atoms with van der Waals surface area (Å²) < 4.78 is 5.92. The second-order valence-electron chi connectivity index (χ2n) is 8.16. The molecule has 1 aromatic rings. The largest absolute Gasteiger partial charge is 0.496 e. The Balaban J connectivity index is 1.95. The number of amides is 1. The first-order valence-corrected chi connectivity index (χ1v) is 13.2. The van der Waals surface area contributed by atoms with Gasteiger partial charge in [0.05, 0.1) is 11.6 Å². The van der Waals surface area contributed by atoms with Gasteiger partial charge in [-0.15, -0.1) is 0 Å². The van der Waals surface area contributed by atoms with Gasteiger partial charge >= 0.3 is 0 Å². The van der Waals surface area contributed by atoms with E-state index in [1.807, 2.05) is 0 Å². The maximum absolute atomic E-state index is 12.3. The SMILES string of the molecule is CCCCCCCCCCCCCCCCNC(=S)NC(=O)c1ccc(OC)c(Br)c1. The molecule has 0 aliphatic rings. The number of thiocarbonyl (C=S) groups is 1. The van der Waals surface area contributed by atoms with Crippen LogP contribution in [0.2, 0.25) is 0 Å². The molecule has 1 aromatic carbocycles. The summed E-state index contributed by atoms with van der Waals surface area (Å²) >= 11 is 8.62. The van der Waals surface area contributed by atoms with Crippen molar-refractivity contribution in [1.29, 1.82) is 0 Å². The van der Waals surface area contributed by atoms with Gasteiger partial charge in [0.25, 0.3) is 5.91 Å². The highest BCUT2D eigenvalue weighted by Gasteiger charge is 2.10. The molecular weight excluding hydrogens is 472 g/mol. The smallest absolute Gasteiger partial charge is 0.257 e. The van der Waals surface area contributed by atoms with Crippen LogP contribution in [0.15, 0.2) is 22.7 Å². The number of carbonyl (C=O) groups excluding carboxylic acids is 1. The Morgan fingerprint density at radius 2 is 1.42 bits per heavy atom. The first-order valence-electron chi connectivity index (χ1n) is 12.0. The molecule has 0 spiro atoms. The Morgan fingerprint density at radius 1 is 0.903 bits per heavy atom. The van der Waals surface area contributed by atoms with Crippen LogP contribution in [0.5, 0.6) is 5.75 Å². The predicted octanol–water partition coefficient (Wildman–Crippen LogP) is 7.54. The summed E-state index contributed by atoms with van der Waals surface area (Å²) in [5, 5.41) is 6.24. The highest BCUT2D eigenvalue weighted by Crippen LogP contribution is 2.25. The lowest BCUT2D eigenvalue weighted by Crippen LogP contribution is -2.39. The number of methoxy groups -OCH3 is 1. The van der Waals surface area contributed by atoms with E-state index in [1.54, 1.807) is 25.3 Å². The fourth-order valence-corrected chi connectivity index (χ4v) is 4.28. The third kappa shape index (κ3) is 13.8. The Hall–Kier alpha value is -1.14. The van der Waals surface area contributed by atoms with Crippen molar-refractivity contribution in [2.24, 2.45) is 0 Å². The van der Waals surface area contributed by atoms with Crippen LogP contribution in [-0.2, 0) is 0 Å². The van der Waals surface area contributed by atoms with Crippen LogP contribution in [0, 0.1) is 0 Å². The predicted molar refractivity (Wildman–Crippen MR) is 139 cm³/mol. The van der Waals surface area contributed by atoms with Crippen molar-refractivity contribution in [3.63, 3.8) is 0 Å². The molecule has 1 amide bonds. The average molecular weight is 514 g/mol. The molecule has 4 nitrogen and oxygen atoms in total. The molecule has 0 bridgehead atoms. The van der Waals surface area contributed by atoms with Gasteiger partial charge < -0.3 is 10.1 Å². The summed E-state index contributed by atoms with van der Waals surface area (Å²) in [6, 6.07) is 5.20. The Kier molecular flexibility index (Phi) is 16.6. The van der Waals surface area contributed by atoms with Crippen LogP contribution in [0.1, 0.15) is 107 Å². The van der Waals surface area contributed by atoms with Gasteiger partial charge in [-0.2, -0.15) is 0 Å². The molecular formula is C25H41BrN2O2S. The standard InChI is InChI=1S/C25H41BrN2O2S/c1-3-4-5-6-7-8-9-10-11-12-13-14-15-16-19-27-25(31)28-24(29)21-17-18-23(30-2)22(26)20-21/h17-18,20H,3-16,19H2,1-2H3,(H2,27,28,29,31). The first-order chi connectivity index (χ1) is 15.1. The van der Waals surface area contributed by atoms with Crippen molar-refractivity contribution in [3.8, 4) is 5.75 Å². The monoisotopic (exact) mass is 512 g/mol. The van der Waals surface area contributed by atoms with Crippen molar-refractivity contribution < 1.29 is 9.53 Å². The number of carbonyl (C=O) groups is 1. The minimum atomic E-state index is -0.221. The molecule has 6 heteroatoms. The molecule has 0 aliphatic carbocycles. The van der Waals surface area contributed by atoms with Crippen molar-refractivity contribution in [3.05, 3.63) is 28.2 Å². The molecule has 0 aromatic heterocycles. The van der Waals surface area contributed by atoms with Crippen LogP contribution < -0.4 is 15.4 Å². The first kappa shape index (κ1) is 27.9. The van der Waals surface area contributed by atoms with E-state index in [0.717, 1.165) is 17.4 Å². The van der Waals surface area contributed by atoms with Gasteiger partial charge in [-0.1, -0.05) is 90.4 Å². The van der Waals surface area contributed by atoms with Gasteiger partial charge in [0.2, 0.25) is 0 Å². The maximum Gasteiger partial charge on any atom is 0.257 e. The zero-order valence-electron chi connectivity index (χ0n) is 19.4. The van der Waals surface area contributed by atoms with Crippen LogP contribution in [-0.4, -0.2) is 24.7 Å². The number of hydrogen-bond donors (Lipinski definition) is 2.